The monoisotopic (exact) mass is 478 g/mol. The Labute approximate surface area is 201 Å². The number of anilines is 2. The summed E-state index contributed by atoms with van der Waals surface area (Å²) in [5, 5.41) is 3.21. The molecule has 1 fully saturated rings. The van der Waals surface area contributed by atoms with E-state index in [0.29, 0.717) is 30.2 Å². The van der Waals surface area contributed by atoms with E-state index < -0.39 is 10.0 Å². The van der Waals surface area contributed by atoms with Gasteiger partial charge in [0, 0.05) is 37.9 Å². The number of piperidine rings is 1. The van der Waals surface area contributed by atoms with Gasteiger partial charge in [0.1, 0.15) is 10.7 Å². The number of hydrogen-bond acceptors (Lipinski definition) is 5. The Morgan fingerprint density at radius 2 is 1.68 bits per heavy atom. The van der Waals surface area contributed by atoms with Crippen molar-refractivity contribution in [3.63, 3.8) is 0 Å². The summed E-state index contributed by atoms with van der Waals surface area (Å²) in [5.41, 5.74) is 2.33. The third-order valence-electron chi connectivity index (χ3n) is 5.97. The van der Waals surface area contributed by atoms with E-state index in [2.05, 4.69) is 10.3 Å². The van der Waals surface area contributed by atoms with Crippen molar-refractivity contribution in [3.05, 3.63) is 84.1 Å². The molecule has 0 atom stereocenters. The molecule has 0 radical (unpaired) electrons. The average molecular weight is 479 g/mol. The second kappa shape index (κ2) is 10.7. The van der Waals surface area contributed by atoms with Gasteiger partial charge in [-0.25, -0.2) is 13.4 Å². The molecule has 0 unspecified atom stereocenters. The predicted molar refractivity (Wildman–Crippen MR) is 134 cm³/mol. The van der Waals surface area contributed by atoms with Crippen LogP contribution in [0.3, 0.4) is 0 Å². The fourth-order valence-electron chi connectivity index (χ4n) is 4.09. The van der Waals surface area contributed by atoms with Gasteiger partial charge in [-0.15, -0.1) is 0 Å². The number of nitrogens with one attached hydrogen (secondary N) is 1. The zero-order chi connectivity index (χ0) is 24.0. The van der Waals surface area contributed by atoms with Crippen LogP contribution in [0.2, 0.25) is 0 Å². The van der Waals surface area contributed by atoms with E-state index in [9.17, 15) is 13.2 Å². The lowest BCUT2D eigenvalue weighted by molar-refractivity contribution is 0.0724. The van der Waals surface area contributed by atoms with Crippen molar-refractivity contribution in [3.8, 4) is 0 Å². The second-order valence-electron chi connectivity index (χ2n) is 8.29. The highest BCUT2D eigenvalue weighted by molar-refractivity contribution is 7.92. The Bertz CT molecular complexity index is 1190. The molecule has 4 rings (SSSR count). The molecule has 8 heteroatoms. The van der Waals surface area contributed by atoms with Crippen molar-refractivity contribution in [2.75, 3.05) is 29.3 Å². The normalized spacial score (nSPS) is 14.0. The van der Waals surface area contributed by atoms with Gasteiger partial charge in [0.05, 0.1) is 5.69 Å². The molecule has 2 heterocycles. The number of nitrogens with zero attached hydrogens (tertiary/aromatic N) is 3. The van der Waals surface area contributed by atoms with Gasteiger partial charge < -0.3 is 10.2 Å². The Hall–Kier alpha value is -3.39. The second-order valence-corrected chi connectivity index (χ2v) is 10.2. The van der Waals surface area contributed by atoms with E-state index in [1.54, 1.807) is 31.2 Å². The maximum absolute atomic E-state index is 13.1. The Morgan fingerprint density at radius 1 is 0.971 bits per heavy atom. The number of hydrogen-bond donors (Lipinski definition) is 1. The molecule has 34 heavy (non-hydrogen) atoms. The Kier molecular flexibility index (Phi) is 7.47. The summed E-state index contributed by atoms with van der Waals surface area (Å²) in [6.45, 7) is 4.31. The molecular weight excluding hydrogens is 448 g/mol. The highest BCUT2D eigenvalue weighted by atomic mass is 32.2. The summed E-state index contributed by atoms with van der Waals surface area (Å²) in [4.78, 5) is 19.0. The number of aromatic nitrogens is 1. The van der Waals surface area contributed by atoms with Crippen LogP contribution in [0.15, 0.2) is 77.8 Å². The Morgan fingerprint density at radius 3 is 2.29 bits per heavy atom. The first-order valence-corrected chi connectivity index (χ1v) is 13.1. The van der Waals surface area contributed by atoms with Gasteiger partial charge >= 0.3 is 0 Å². The molecule has 3 aromatic rings. The SMILES string of the molecule is CCN(c1ccccc1)S(=O)(=O)c1ccc(NCc2ccc(C(=O)N3CCCCC3)cc2)nc1. The topological polar surface area (TPSA) is 82.6 Å². The molecule has 1 saturated heterocycles. The number of likely N-dealkylation sites (tertiary alicyclic amines) is 1. The van der Waals surface area contributed by atoms with Crippen molar-refractivity contribution in [1.82, 2.24) is 9.88 Å². The number of benzene rings is 2. The lowest BCUT2D eigenvalue weighted by Gasteiger charge is -2.26. The first-order chi connectivity index (χ1) is 16.5. The van der Waals surface area contributed by atoms with Gasteiger partial charge in [-0.3, -0.25) is 9.10 Å². The molecule has 0 bridgehead atoms. The molecule has 1 aliphatic rings. The molecule has 0 aliphatic carbocycles. The van der Waals surface area contributed by atoms with Gasteiger partial charge in [-0.1, -0.05) is 30.3 Å². The molecule has 1 N–H and O–H groups in total. The molecule has 1 aromatic heterocycles. The number of rotatable bonds is 8. The minimum Gasteiger partial charge on any atom is -0.366 e. The summed E-state index contributed by atoms with van der Waals surface area (Å²) in [5.74, 6) is 0.671. The van der Waals surface area contributed by atoms with Gasteiger partial charge in [-0.2, -0.15) is 0 Å². The standard InChI is InChI=1S/C26H30N4O3S/c1-2-30(23-9-5-3-6-10-23)34(32,33)24-15-16-25(28-20-24)27-19-21-11-13-22(14-12-21)26(31)29-17-7-4-8-18-29/h3,5-6,9-16,20H,2,4,7-8,17-19H2,1H3,(H,27,28). The third-order valence-corrected chi connectivity index (χ3v) is 7.86. The largest absolute Gasteiger partial charge is 0.366 e. The van der Waals surface area contributed by atoms with Crippen molar-refractivity contribution in [2.24, 2.45) is 0 Å². The number of carbonyl (C=O) groups excluding carboxylic acids is 1. The number of carbonyl (C=O) groups is 1. The lowest BCUT2D eigenvalue weighted by Crippen LogP contribution is -2.35. The number of amides is 1. The maximum atomic E-state index is 13.1. The van der Waals surface area contributed by atoms with Crippen molar-refractivity contribution >= 4 is 27.4 Å². The molecule has 1 amide bonds. The summed E-state index contributed by atoms with van der Waals surface area (Å²) < 4.78 is 27.5. The first kappa shape index (κ1) is 23.8. The maximum Gasteiger partial charge on any atom is 0.265 e. The van der Waals surface area contributed by atoms with Crippen LogP contribution in [0, 0.1) is 0 Å². The lowest BCUT2D eigenvalue weighted by atomic mass is 10.1. The quantitative estimate of drug-likeness (QED) is 0.514. The fourth-order valence-corrected chi connectivity index (χ4v) is 5.51. The summed E-state index contributed by atoms with van der Waals surface area (Å²) in [6, 6.07) is 19.8. The highest BCUT2D eigenvalue weighted by Crippen LogP contribution is 2.23. The predicted octanol–water partition coefficient (Wildman–Crippen LogP) is 4.54. The summed E-state index contributed by atoms with van der Waals surface area (Å²) in [7, 11) is -3.70. The zero-order valence-corrected chi connectivity index (χ0v) is 20.2. The van der Waals surface area contributed by atoms with E-state index in [-0.39, 0.29) is 10.8 Å². The molecule has 2 aromatic carbocycles. The van der Waals surface area contributed by atoms with Crippen LogP contribution in [-0.4, -0.2) is 43.8 Å². The zero-order valence-electron chi connectivity index (χ0n) is 19.4. The van der Waals surface area contributed by atoms with Crippen LogP contribution in [0.25, 0.3) is 0 Å². The molecule has 1 aliphatic heterocycles. The minimum absolute atomic E-state index is 0.0919. The molecule has 7 nitrogen and oxygen atoms in total. The van der Waals surface area contributed by atoms with Crippen LogP contribution in [0.5, 0.6) is 0 Å². The fraction of sp³-hybridized carbons (Fsp3) is 0.308. The van der Waals surface area contributed by atoms with E-state index >= 15 is 0 Å². The van der Waals surface area contributed by atoms with Crippen molar-refractivity contribution in [2.45, 2.75) is 37.6 Å². The van der Waals surface area contributed by atoms with E-state index in [0.717, 1.165) is 31.5 Å². The van der Waals surface area contributed by atoms with E-state index in [4.69, 9.17) is 0 Å². The Balaban J connectivity index is 1.38. The third kappa shape index (κ3) is 5.39. The first-order valence-electron chi connectivity index (χ1n) is 11.6. The minimum atomic E-state index is -3.70. The highest BCUT2D eigenvalue weighted by Gasteiger charge is 2.24. The number of pyridine rings is 1. The smallest absolute Gasteiger partial charge is 0.265 e. The number of para-hydroxylation sites is 1. The van der Waals surface area contributed by atoms with Crippen molar-refractivity contribution < 1.29 is 13.2 Å². The van der Waals surface area contributed by atoms with E-state index in [1.807, 2.05) is 47.4 Å². The summed E-state index contributed by atoms with van der Waals surface area (Å²) in [6.07, 6.45) is 4.72. The van der Waals surface area contributed by atoms with Gasteiger partial charge in [0.15, 0.2) is 0 Å². The number of sulfonamides is 1. The van der Waals surface area contributed by atoms with Crippen LogP contribution < -0.4 is 9.62 Å². The van der Waals surface area contributed by atoms with Gasteiger partial charge in [0.2, 0.25) is 0 Å². The van der Waals surface area contributed by atoms with Crippen molar-refractivity contribution in [1.29, 1.82) is 0 Å². The molecule has 178 valence electrons. The summed E-state index contributed by atoms with van der Waals surface area (Å²) >= 11 is 0. The van der Waals surface area contributed by atoms with Gasteiger partial charge in [0.25, 0.3) is 15.9 Å². The van der Waals surface area contributed by atoms with Crippen LogP contribution in [-0.2, 0) is 16.6 Å². The van der Waals surface area contributed by atoms with Crippen LogP contribution >= 0.6 is 0 Å². The van der Waals surface area contributed by atoms with E-state index in [1.165, 1.54) is 16.9 Å². The average Bonchev–Trinajstić information content (AvgIpc) is 2.89. The molecule has 0 saturated carbocycles. The van der Waals surface area contributed by atoms with Gasteiger partial charge in [-0.05, 0) is 68.1 Å². The molecular formula is C26H30N4O3S. The van der Waals surface area contributed by atoms with Crippen LogP contribution in [0.4, 0.5) is 11.5 Å². The van der Waals surface area contributed by atoms with Crippen LogP contribution in [0.1, 0.15) is 42.1 Å². The molecule has 0 spiro atoms.